The second-order valence-corrected chi connectivity index (χ2v) is 3.51. The molecule has 1 unspecified atom stereocenters. The quantitative estimate of drug-likeness (QED) is 0.611. The zero-order valence-electron chi connectivity index (χ0n) is 9.15. The maximum atomic E-state index is 10.6. The normalized spacial score (nSPS) is 12.2. The molecule has 0 saturated heterocycles. The third kappa shape index (κ3) is 2.90. The molecular weight excluding hydrogens is 194 g/mol. The van der Waals surface area contributed by atoms with E-state index in [4.69, 9.17) is 0 Å². The summed E-state index contributed by atoms with van der Waals surface area (Å²) in [4.78, 5) is 14.3. The summed E-state index contributed by atoms with van der Waals surface area (Å²) in [5.41, 5.74) is 0.498. The second-order valence-electron chi connectivity index (χ2n) is 3.51. The largest absolute Gasteiger partial charge is 0.368 e. The predicted octanol–water partition coefficient (Wildman–Crippen LogP) is 2.51. The Bertz CT molecular complexity index is 366. The Hall–Kier alpha value is -1.65. The highest BCUT2D eigenvalue weighted by molar-refractivity contribution is 5.45. The van der Waals surface area contributed by atoms with Gasteiger partial charge in [0.2, 0.25) is 0 Å². The molecule has 1 N–H and O–H groups in total. The number of nitrogens with zero attached hydrogens (tertiary/aromatic N) is 2. The summed E-state index contributed by atoms with van der Waals surface area (Å²) in [6.07, 6.45) is 0.984. The molecule has 15 heavy (non-hydrogen) atoms. The van der Waals surface area contributed by atoms with E-state index in [-0.39, 0.29) is 5.69 Å². The summed E-state index contributed by atoms with van der Waals surface area (Å²) in [7, 11) is 0. The first-order valence-electron chi connectivity index (χ1n) is 4.93. The number of pyridine rings is 1. The number of nitrogens with one attached hydrogen (secondary N) is 1. The number of hydrogen-bond donors (Lipinski definition) is 1. The van der Waals surface area contributed by atoms with Gasteiger partial charge in [0.15, 0.2) is 0 Å². The first-order chi connectivity index (χ1) is 7.04. The molecule has 0 aromatic carbocycles. The van der Waals surface area contributed by atoms with Crippen molar-refractivity contribution in [1.82, 2.24) is 4.98 Å². The van der Waals surface area contributed by atoms with Gasteiger partial charge < -0.3 is 5.32 Å². The van der Waals surface area contributed by atoms with Crippen LogP contribution in [0.2, 0.25) is 0 Å². The molecule has 0 fully saturated rings. The lowest BCUT2D eigenvalue weighted by Crippen LogP contribution is -2.14. The van der Waals surface area contributed by atoms with E-state index in [9.17, 15) is 10.1 Å². The molecule has 82 valence electrons. The van der Waals surface area contributed by atoms with Gasteiger partial charge in [-0.15, -0.1) is 0 Å². The van der Waals surface area contributed by atoms with E-state index in [0.717, 1.165) is 6.42 Å². The van der Waals surface area contributed by atoms with Crippen molar-refractivity contribution in [2.45, 2.75) is 33.2 Å². The highest BCUT2D eigenvalue weighted by Gasteiger charge is 2.12. The van der Waals surface area contributed by atoms with Gasteiger partial charge in [0.25, 0.3) is 5.69 Å². The molecule has 0 bridgehead atoms. The van der Waals surface area contributed by atoms with E-state index in [1.165, 1.54) is 6.07 Å². The molecule has 5 heteroatoms. The Labute approximate surface area is 88.7 Å². The summed E-state index contributed by atoms with van der Waals surface area (Å²) in [6.45, 7) is 5.74. The van der Waals surface area contributed by atoms with E-state index in [1.807, 2.05) is 6.92 Å². The fourth-order valence-electron chi connectivity index (χ4n) is 1.18. The Morgan fingerprint density at radius 2 is 2.27 bits per heavy atom. The van der Waals surface area contributed by atoms with Crippen molar-refractivity contribution in [2.75, 3.05) is 5.32 Å². The van der Waals surface area contributed by atoms with Crippen LogP contribution < -0.4 is 5.32 Å². The van der Waals surface area contributed by atoms with Crippen molar-refractivity contribution in [3.63, 3.8) is 0 Å². The summed E-state index contributed by atoms with van der Waals surface area (Å²) in [5.74, 6) is 0.687. The van der Waals surface area contributed by atoms with Crippen molar-refractivity contribution >= 4 is 11.5 Å². The maximum Gasteiger partial charge on any atom is 0.290 e. The predicted molar refractivity (Wildman–Crippen MR) is 59.0 cm³/mol. The number of anilines is 1. The lowest BCUT2D eigenvalue weighted by molar-refractivity contribution is -0.385. The first-order valence-corrected chi connectivity index (χ1v) is 4.93. The van der Waals surface area contributed by atoms with Gasteiger partial charge in [-0.2, -0.15) is 0 Å². The van der Waals surface area contributed by atoms with Crippen molar-refractivity contribution < 1.29 is 4.92 Å². The van der Waals surface area contributed by atoms with Crippen LogP contribution in [0.25, 0.3) is 0 Å². The van der Waals surface area contributed by atoms with Gasteiger partial charge in [-0.3, -0.25) is 10.1 Å². The summed E-state index contributed by atoms with van der Waals surface area (Å²) in [6, 6.07) is 3.43. The van der Waals surface area contributed by atoms with Crippen LogP contribution in [0.5, 0.6) is 0 Å². The van der Waals surface area contributed by atoms with Gasteiger partial charge in [-0.05, 0) is 26.3 Å². The highest BCUT2D eigenvalue weighted by atomic mass is 16.6. The van der Waals surface area contributed by atoms with Crippen LogP contribution in [0.1, 0.15) is 26.0 Å². The van der Waals surface area contributed by atoms with Gasteiger partial charge >= 0.3 is 0 Å². The number of rotatable bonds is 4. The summed E-state index contributed by atoms with van der Waals surface area (Å²) in [5, 5.41) is 13.7. The molecule has 0 saturated carbocycles. The molecule has 0 spiro atoms. The van der Waals surface area contributed by atoms with E-state index >= 15 is 0 Å². The van der Waals surface area contributed by atoms with E-state index < -0.39 is 4.92 Å². The van der Waals surface area contributed by atoms with Crippen LogP contribution in [-0.2, 0) is 0 Å². The Morgan fingerprint density at radius 1 is 1.60 bits per heavy atom. The molecule has 0 amide bonds. The Balaban J connectivity index is 2.87. The van der Waals surface area contributed by atoms with Crippen molar-refractivity contribution in [3.8, 4) is 0 Å². The standard InChI is InChI=1S/C10H15N3O2/c1-4-7(2)11-10-6-5-9(13(14)15)8(3)12-10/h5-7H,4H2,1-3H3,(H,11,12). The fraction of sp³-hybridized carbons (Fsp3) is 0.500. The van der Waals surface area contributed by atoms with Gasteiger partial charge in [-0.25, -0.2) is 4.98 Å². The molecule has 0 aliphatic rings. The van der Waals surface area contributed by atoms with Gasteiger partial charge in [0, 0.05) is 12.1 Å². The molecule has 1 aromatic rings. The molecule has 5 nitrogen and oxygen atoms in total. The zero-order chi connectivity index (χ0) is 11.4. The molecule has 1 atom stereocenters. The number of nitro groups is 1. The number of aromatic nitrogens is 1. The van der Waals surface area contributed by atoms with Crippen LogP contribution in [0.15, 0.2) is 12.1 Å². The first kappa shape index (κ1) is 11.4. The molecule has 1 aromatic heterocycles. The van der Waals surface area contributed by atoms with Crippen LogP contribution in [0.3, 0.4) is 0 Å². The monoisotopic (exact) mass is 209 g/mol. The maximum absolute atomic E-state index is 10.6. The van der Waals surface area contributed by atoms with Gasteiger partial charge in [-0.1, -0.05) is 6.92 Å². The molecule has 1 rings (SSSR count). The molecule has 0 radical (unpaired) electrons. The fourth-order valence-corrected chi connectivity index (χ4v) is 1.18. The SMILES string of the molecule is CCC(C)Nc1ccc([N+](=O)[O-])c(C)n1. The van der Waals surface area contributed by atoms with Crippen LogP contribution in [-0.4, -0.2) is 15.9 Å². The summed E-state index contributed by atoms with van der Waals surface area (Å²) >= 11 is 0. The molecule has 1 heterocycles. The average molecular weight is 209 g/mol. The van der Waals surface area contributed by atoms with Crippen LogP contribution in [0, 0.1) is 17.0 Å². The lowest BCUT2D eigenvalue weighted by atomic mass is 10.2. The van der Waals surface area contributed by atoms with Crippen LogP contribution >= 0.6 is 0 Å². The number of aryl methyl sites for hydroxylation is 1. The van der Waals surface area contributed by atoms with Crippen molar-refractivity contribution in [3.05, 3.63) is 27.9 Å². The topological polar surface area (TPSA) is 68.1 Å². The average Bonchev–Trinajstić information content (AvgIpc) is 2.17. The summed E-state index contributed by atoms with van der Waals surface area (Å²) < 4.78 is 0. The van der Waals surface area contributed by atoms with E-state index in [0.29, 0.717) is 17.6 Å². The number of hydrogen-bond acceptors (Lipinski definition) is 4. The van der Waals surface area contributed by atoms with Gasteiger partial charge in [0.05, 0.1) is 4.92 Å². The molecule has 0 aliphatic carbocycles. The third-order valence-electron chi connectivity index (χ3n) is 2.26. The minimum absolute atomic E-state index is 0.0599. The van der Waals surface area contributed by atoms with Crippen LogP contribution in [0.4, 0.5) is 11.5 Å². The smallest absolute Gasteiger partial charge is 0.290 e. The molecule has 0 aliphatic heterocycles. The Morgan fingerprint density at radius 3 is 2.73 bits per heavy atom. The third-order valence-corrected chi connectivity index (χ3v) is 2.26. The van der Waals surface area contributed by atoms with E-state index in [1.54, 1.807) is 13.0 Å². The molecular formula is C10H15N3O2. The van der Waals surface area contributed by atoms with Crippen molar-refractivity contribution in [2.24, 2.45) is 0 Å². The zero-order valence-corrected chi connectivity index (χ0v) is 9.15. The van der Waals surface area contributed by atoms with Crippen molar-refractivity contribution in [1.29, 1.82) is 0 Å². The van der Waals surface area contributed by atoms with Gasteiger partial charge in [0.1, 0.15) is 11.5 Å². The Kier molecular flexibility index (Phi) is 3.60. The highest BCUT2D eigenvalue weighted by Crippen LogP contribution is 2.18. The second kappa shape index (κ2) is 4.72. The van der Waals surface area contributed by atoms with E-state index in [2.05, 4.69) is 17.2 Å². The minimum atomic E-state index is -0.421. The lowest BCUT2D eigenvalue weighted by Gasteiger charge is -2.12. The minimum Gasteiger partial charge on any atom is -0.368 e.